The van der Waals surface area contributed by atoms with Crippen LogP contribution in [0.1, 0.15) is 50.3 Å². The van der Waals surface area contributed by atoms with Gasteiger partial charge in [-0.3, -0.25) is 0 Å². The molecule has 2 aromatic carbocycles. The number of phenolic OH excluding ortho intramolecular Hbond substituents is 2. The van der Waals surface area contributed by atoms with E-state index in [1.807, 2.05) is 19.9 Å². The summed E-state index contributed by atoms with van der Waals surface area (Å²) < 4.78 is 0. The van der Waals surface area contributed by atoms with Crippen LogP contribution in [-0.4, -0.2) is 10.2 Å². The van der Waals surface area contributed by atoms with Crippen LogP contribution < -0.4 is 0 Å². The lowest BCUT2D eigenvalue weighted by Gasteiger charge is -2.27. The van der Waals surface area contributed by atoms with Crippen molar-refractivity contribution in [3.05, 3.63) is 59.2 Å². The largest absolute Gasteiger partial charge is 0.504 e. The van der Waals surface area contributed by atoms with E-state index in [1.165, 1.54) is 11.6 Å². The van der Waals surface area contributed by atoms with Gasteiger partial charge in [-0.2, -0.15) is 0 Å². The normalized spacial score (nSPS) is 11.8. The Morgan fingerprint density at radius 3 is 2.05 bits per heavy atom. The monoisotopic (exact) mass is 270 g/mol. The third-order valence-corrected chi connectivity index (χ3v) is 3.99. The number of benzene rings is 2. The van der Waals surface area contributed by atoms with Crippen molar-refractivity contribution in [3.8, 4) is 11.5 Å². The Hall–Kier alpha value is -1.96. The topological polar surface area (TPSA) is 40.5 Å². The van der Waals surface area contributed by atoms with E-state index < -0.39 is 0 Å². The van der Waals surface area contributed by atoms with E-state index >= 15 is 0 Å². The van der Waals surface area contributed by atoms with Gasteiger partial charge in [-0.1, -0.05) is 64.1 Å². The summed E-state index contributed by atoms with van der Waals surface area (Å²) in [5, 5.41) is 19.8. The molecule has 0 spiro atoms. The van der Waals surface area contributed by atoms with Crippen LogP contribution in [0.25, 0.3) is 0 Å². The third-order valence-electron chi connectivity index (χ3n) is 3.99. The molecule has 0 unspecified atom stereocenters. The number of aromatic hydroxyl groups is 2. The second-order valence-electron chi connectivity index (χ2n) is 6.08. The smallest absolute Gasteiger partial charge is 0.161 e. The van der Waals surface area contributed by atoms with Crippen molar-refractivity contribution >= 4 is 0 Å². The Labute approximate surface area is 120 Å². The highest BCUT2D eigenvalue weighted by Gasteiger charge is 2.27. The molecule has 0 saturated carbocycles. The van der Waals surface area contributed by atoms with Crippen LogP contribution in [0.4, 0.5) is 0 Å². The van der Waals surface area contributed by atoms with E-state index in [1.54, 1.807) is 6.07 Å². The summed E-state index contributed by atoms with van der Waals surface area (Å²) in [5.74, 6) is 0.390. The molecule has 0 aliphatic heterocycles. The van der Waals surface area contributed by atoms with Gasteiger partial charge in [-0.25, -0.2) is 0 Å². The summed E-state index contributed by atoms with van der Waals surface area (Å²) in [6.07, 6.45) is 0. The van der Waals surface area contributed by atoms with Crippen molar-refractivity contribution in [2.75, 3.05) is 0 Å². The molecular formula is C18H22O2. The molecule has 2 nitrogen and oxygen atoms in total. The van der Waals surface area contributed by atoms with E-state index in [-0.39, 0.29) is 16.9 Å². The van der Waals surface area contributed by atoms with Crippen molar-refractivity contribution in [1.29, 1.82) is 0 Å². The average molecular weight is 270 g/mol. The number of hydrogen-bond donors (Lipinski definition) is 2. The van der Waals surface area contributed by atoms with Crippen LogP contribution >= 0.6 is 0 Å². The molecule has 0 radical (unpaired) electrons. The lowest BCUT2D eigenvalue weighted by atomic mass is 9.77. The van der Waals surface area contributed by atoms with Crippen molar-refractivity contribution in [2.45, 2.75) is 39.0 Å². The van der Waals surface area contributed by atoms with Crippen LogP contribution in [-0.2, 0) is 5.41 Å². The predicted molar refractivity (Wildman–Crippen MR) is 82.4 cm³/mol. The van der Waals surface area contributed by atoms with E-state index in [2.05, 4.69) is 38.1 Å². The Morgan fingerprint density at radius 1 is 0.900 bits per heavy atom. The highest BCUT2D eigenvalue weighted by molar-refractivity contribution is 5.51. The van der Waals surface area contributed by atoms with Crippen LogP contribution in [0.2, 0.25) is 0 Å². The van der Waals surface area contributed by atoms with Crippen LogP contribution in [0.3, 0.4) is 0 Å². The molecule has 0 bridgehead atoms. The summed E-state index contributed by atoms with van der Waals surface area (Å²) >= 11 is 0. The maximum Gasteiger partial charge on any atom is 0.161 e. The molecule has 0 aliphatic rings. The maximum atomic E-state index is 10.1. The standard InChI is InChI=1S/C18H22O2/c1-12(2)13-8-10-14(11-9-13)18(3,4)15-6-5-7-16(19)17(15)20/h5-12,19-20H,1-4H3. The van der Waals surface area contributed by atoms with E-state index in [0.29, 0.717) is 5.92 Å². The Morgan fingerprint density at radius 2 is 1.50 bits per heavy atom. The molecule has 106 valence electrons. The lowest BCUT2D eigenvalue weighted by Crippen LogP contribution is -2.19. The quantitative estimate of drug-likeness (QED) is 0.803. The molecule has 0 saturated heterocycles. The average Bonchev–Trinajstić information content (AvgIpc) is 2.41. The van der Waals surface area contributed by atoms with Gasteiger partial charge in [0.15, 0.2) is 11.5 Å². The molecular weight excluding hydrogens is 248 g/mol. The van der Waals surface area contributed by atoms with E-state index in [0.717, 1.165) is 11.1 Å². The van der Waals surface area contributed by atoms with Gasteiger partial charge >= 0.3 is 0 Å². The van der Waals surface area contributed by atoms with Gasteiger partial charge < -0.3 is 10.2 Å². The second kappa shape index (κ2) is 5.20. The van der Waals surface area contributed by atoms with Crippen LogP contribution in [0.5, 0.6) is 11.5 Å². The second-order valence-corrected chi connectivity index (χ2v) is 6.08. The lowest BCUT2D eigenvalue weighted by molar-refractivity contribution is 0.392. The fraction of sp³-hybridized carbons (Fsp3) is 0.333. The molecule has 0 heterocycles. The Balaban J connectivity index is 2.46. The first-order valence-corrected chi connectivity index (χ1v) is 6.96. The third kappa shape index (κ3) is 2.51. The van der Waals surface area contributed by atoms with E-state index in [9.17, 15) is 10.2 Å². The zero-order chi connectivity index (χ0) is 14.9. The molecule has 20 heavy (non-hydrogen) atoms. The van der Waals surface area contributed by atoms with Gasteiger partial charge in [0, 0.05) is 11.0 Å². The van der Waals surface area contributed by atoms with Gasteiger partial charge in [0.05, 0.1) is 0 Å². The minimum atomic E-state index is -0.363. The molecule has 0 fully saturated rings. The van der Waals surface area contributed by atoms with Crippen LogP contribution in [0, 0.1) is 0 Å². The first kappa shape index (κ1) is 14.4. The molecule has 2 N–H and O–H groups in total. The summed E-state index contributed by atoms with van der Waals surface area (Å²) in [6, 6.07) is 13.6. The van der Waals surface area contributed by atoms with Crippen molar-refractivity contribution in [2.24, 2.45) is 0 Å². The fourth-order valence-corrected chi connectivity index (χ4v) is 2.48. The minimum Gasteiger partial charge on any atom is -0.504 e. The Bertz CT molecular complexity index is 595. The first-order valence-electron chi connectivity index (χ1n) is 6.96. The van der Waals surface area contributed by atoms with Crippen molar-refractivity contribution in [1.82, 2.24) is 0 Å². The number of rotatable bonds is 3. The number of para-hydroxylation sites is 1. The number of hydrogen-bond acceptors (Lipinski definition) is 2. The molecule has 0 atom stereocenters. The highest BCUT2D eigenvalue weighted by atomic mass is 16.3. The molecule has 0 aromatic heterocycles. The number of phenols is 2. The molecule has 0 amide bonds. The predicted octanol–water partition coefficient (Wildman–Crippen LogP) is 4.55. The summed E-state index contributed by atoms with van der Waals surface area (Å²) in [6.45, 7) is 8.43. The highest BCUT2D eigenvalue weighted by Crippen LogP contribution is 2.40. The fourth-order valence-electron chi connectivity index (χ4n) is 2.48. The van der Waals surface area contributed by atoms with Crippen molar-refractivity contribution in [3.63, 3.8) is 0 Å². The van der Waals surface area contributed by atoms with Gasteiger partial charge in [0.2, 0.25) is 0 Å². The van der Waals surface area contributed by atoms with Gasteiger partial charge in [0.1, 0.15) is 0 Å². The molecule has 2 rings (SSSR count). The molecule has 0 aliphatic carbocycles. The van der Waals surface area contributed by atoms with E-state index in [4.69, 9.17) is 0 Å². The van der Waals surface area contributed by atoms with Gasteiger partial charge in [-0.15, -0.1) is 0 Å². The summed E-state index contributed by atoms with van der Waals surface area (Å²) in [5.41, 5.74) is 2.78. The molecule has 2 aromatic rings. The van der Waals surface area contributed by atoms with Gasteiger partial charge in [-0.05, 0) is 23.1 Å². The SMILES string of the molecule is CC(C)c1ccc(C(C)(C)c2cccc(O)c2O)cc1. The summed E-state index contributed by atoms with van der Waals surface area (Å²) in [4.78, 5) is 0. The first-order chi connectivity index (χ1) is 9.34. The zero-order valence-corrected chi connectivity index (χ0v) is 12.5. The van der Waals surface area contributed by atoms with Crippen LogP contribution in [0.15, 0.2) is 42.5 Å². The molecule has 2 heteroatoms. The zero-order valence-electron chi connectivity index (χ0n) is 12.5. The minimum absolute atomic E-state index is 0.0366. The van der Waals surface area contributed by atoms with Gasteiger partial charge in [0.25, 0.3) is 0 Å². The summed E-state index contributed by atoms with van der Waals surface area (Å²) in [7, 11) is 0. The maximum absolute atomic E-state index is 10.1. The Kier molecular flexibility index (Phi) is 3.76. The van der Waals surface area contributed by atoms with Crippen molar-refractivity contribution < 1.29 is 10.2 Å².